The topological polar surface area (TPSA) is 58.5 Å². The smallest absolute Gasteiger partial charge is 0.191 e. The van der Waals surface area contributed by atoms with Crippen LogP contribution in [0.5, 0.6) is 5.75 Å². The molecule has 0 saturated carbocycles. The zero-order chi connectivity index (χ0) is 15.1. The van der Waals surface area contributed by atoms with E-state index in [4.69, 9.17) is 4.74 Å². The number of nitrogens with one attached hydrogen (secondary N) is 2. The first-order chi connectivity index (χ1) is 9.49. The van der Waals surface area contributed by atoms with E-state index in [0.717, 1.165) is 35.1 Å². The van der Waals surface area contributed by atoms with Crippen LogP contribution >= 0.6 is 0 Å². The molecule has 0 radical (unpaired) electrons. The van der Waals surface area contributed by atoms with Gasteiger partial charge in [-0.1, -0.05) is 13.8 Å². The lowest BCUT2D eigenvalue weighted by Gasteiger charge is -2.15. The minimum Gasteiger partial charge on any atom is -0.496 e. The predicted molar refractivity (Wildman–Crippen MR) is 83.3 cm³/mol. The van der Waals surface area contributed by atoms with Crippen molar-refractivity contribution in [2.45, 2.75) is 34.2 Å². The third-order valence-corrected chi connectivity index (χ3v) is 3.07. The fraction of sp³-hybridized carbons (Fsp3) is 0.600. The van der Waals surface area contributed by atoms with Crippen LogP contribution < -0.4 is 15.4 Å². The van der Waals surface area contributed by atoms with Crippen molar-refractivity contribution in [3.05, 3.63) is 23.0 Å². The Kier molecular flexibility index (Phi) is 6.28. The number of hydrogen-bond acceptors (Lipinski definition) is 3. The van der Waals surface area contributed by atoms with Gasteiger partial charge in [-0.25, -0.2) is 0 Å². The highest BCUT2D eigenvalue weighted by Gasteiger charge is 2.09. The van der Waals surface area contributed by atoms with Gasteiger partial charge in [-0.05, 0) is 19.8 Å². The molecule has 1 aromatic rings. The van der Waals surface area contributed by atoms with Gasteiger partial charge in [0.15, 0.2) is 5.96 Å². The highest BCUT2D eigenvalue weighted by molar-refractivity contribution is 5.79. The molecule has 0 amide bonds. The minimum absolute atomic E-state index is 0.577. The van der Waals surface area contributed by atoms with E-state index in [1.165, 1.54) is 0 Å². The molecule has 0 bridgehead atoms. The number of aryl methyl sites for hydroxylation is 1. The van der Waals surface area contributed by atoms with E-state index in [0.29, 0.717) is 12.5 Å². The summed E-state index contributed by atoms with van der Waals surface area (Å²) in [6.45, 7) is 9.87. The van der Waals surface area contributed by atoms with Crippen molar-refractivity contribution >= 4 is 5.96 Å². The van der Waals surface area contributed by atoms with Crippen LogP contribution in [0, 0.1) is 19.8 Å². The van der Waals surface area contributed by atoms with Gasteiger partial charge in [0, 0.05) is 30.9 Å². The second kappa shape index (κ2) is 7.72. The van der Waals surface area contributed by atoms with Gasteiger partial charge in [0.25, 0.3) is 0 Å². The van der Waals surface area contributed by atoms with E-state index in [2.05, 4.69) is 34.5 Å². The molecule has 0 fully saturated rings. The van der Waals surface area contributed by atoms with E-state index in [1.807, 2.05) is 20.0 Å². The first-order valence-electron chi connectivity index (χ1n) is 6.93. The van der Waals surface area contributed by atoms with Crippen molar-refractivity contribution in [2.75, 3.05) is 20.7 Å². The molecule has 20 heavy (non-hydrogen) atoms. The average molecular weight is 278 g/mol. The first kappa shape index (κ1) is 16.3. The van der Waals surface area contributed by atoms with Crippen LogP contribution in [-0.2, 0) is 6.54 Å². The number of pyridine rings is 1. The SMILES string of the molecule is CN=C(NCc1ncc(C)c(OC)c1C)NCC(C)C. The highest BCUT2D eigenvalue weighted by Crippen LogP contribution is 2.23. The summed E-state index contributed by atoms with van der Waals surface area (Å²) in [4.78, 5) is 8.66. The molecular formula is C15H26N4O. The van der Waals surface area contributed by atoms with E-state index >= 15 is 0 Å². The largest absolute Gasteiger partial charge is 0.496 e. The molecule has 5 nitrogen and oxygen atoms in total. The summed E-state index contributed by atoms with van der Waals surface area (Å²) in [5, 5.41) is 6.55. The van der Waals surface area contributed by atoms with Crippen LogP contribution in [0.25, 0.3) is 0 Å². The summed E-state index contributed by atoms with van der Waals surface area (Å²) in [5.41, 5.74) is 3.09. The lowest BCUT2D eigenvalue weighted by molar-refractivity contribution is 0.406. The molecule has 0 saturated heterocycles. The second-order valence-electron chi connectivity index (χ2n) is 5.25. The van der Waals surface area contributed by atoms with Gasteiger partial charge >= 0.3 is 0 Å². The van der Waals surface area contributed by atoms with Crippen LogP contribution in [0.15, 0.2) is 11.2 Å². The summed E-state index contributed by atoms with van der Waals surface area (Å²) in [6.07, 6.45) is 1.84. The zero-order valence-electron chi connectivity index (χ0n) is 13.4. The Labute approximate surface area is 121 Å². The quantitative estimate of drug-likeness (QED) is 0.639. The monoisotopic (exact) mass is 278 g/mol. The zero-order valence-corrected chi connectivity index (χ0v) is 13.4. The second-order valence-corrected chi connectivity index (χ2v) is 5.25. The van der Waals surface area contributed by atoms with Crippen molar-refractivity contribution < 1.29 is 4.74 Å². The number of nitrogens with zero attached hydrogens (tertiary/aromatic N) is 2. The number of hydrogen-bond donors (Lipinski definition) is 2. The molecule has 1 heterocycles. The molecule has 1 aromatic heterocycles. The Hall–Kier alpha value is -1.78. The molecule has 0 aliphatic carbocycles. The first-order valence-corrected chi connectivity index (χ1v) is 6.93. The van der Waals surface area contributed by atoms with Crippen LogP contribution in [-0.4, -0.2) is 31.6 Å². The number of aromatic nitrogens is 1. The molecule has 0 spiro atoms. The summed E-state index contributed by atoms with van der Waals surface area (Å²) in [7, 11) is 3.46. The van der Waals surface area contributed by atoms with Gasteiger partial charge in [-0.2, -0.15) is 0 Å². The van der Waals surface area contributed by atoms with Crippen molar-refractivity contribution in [1.29, 1.82) is 0 Å². The number of guanidine groups is 1. The molecule has 0 aliphatic heterocycles. The standard InChI is InChI=1S/C15H26N4O/c1-10(2)7-18-15(16-5)19-9-13-12(4)14(20-6)11(3)8-17-13/h8,10H,7,9H2,1-6H3,(H2,16,18,19). The van der Waals surface area contributed by atoms with Gasteiger partial charge in [0.1, 0.15) is 5.75 Å². The molecule has 0 atom stereocenters. The van der Waals surface area contributed by atoms with Gasteiger partial charge in [-0.15, -0.1) is 0 Å². The fourth-order valence-electron chi connectivity index (χ4n) is 1.94. The van der Waals surface area contributed by atoms with E-state index in [9.17, 15) is 0 Å². The number of ether oxygens (including phenoxy) is 1. The Morgan fingerprint density at radius 3 is 2.60 bits per heavy atom. The Morgan fingerprint density at radius 1 is 1.35 bits per heavy atom. The van der Waals surface area contributed by atoms with Gasteiger partial charge in [0.2, 0.25) is 0 Å². The highest BCUT2D eigenvalue weighted by atomic mass is 16.5. The fourth-order valence-corrected chi connectivity index (χ4v) is 1.94. The predicted octanol–water partition coefficient (Wildman–Crippen LogP) is 2.03. The van der Waals surface area contributed by atoms with E-state index < -0.39 is 0 Å². The molecule has 0 unspecified atom stereocenters. The minimum atomic E-state index is 0.577. The summed E-state index contributed by atoms with van der Waals surface area (Å²) in [5.74, 6) is 2.27. The van der Waals surface area contributed by atoms with E-state index in [-0.39, 0.29) is 0 Å². The van der Waals surface area contributed by atoms with Crippen molar-refractivity contribution in [3.8, 4) is 5.75 Å². The van der Waals surface area contributed by atoms with Crippen LogP contribution in [0.1, 0.15) is 30.7 Å². The van der Waals surface area contributed by atoms with Gasteiger partial charge < -0.3 is 15.4 Å². The summed E-state index contributed by atoms with van der Waals surface area (Å²) < 4.78 is 5.41. The third-order valence-electron chi connectivity index (χ3n) is 3.07. The molecule has 0 aliphatic rings. The number of methoxy groups -OCH3 is 1. The Bertz CT molecular complexity index is 469. The third kappa shape index (κ3) is 4.40. The number of aliphatic imine (C=N–C) groups is 1. The molecule has 112 valence electrons. The van der Waals surface area contributed by atoms with Crippen LogP contribution in [0.3, 0.4) is 0 Å². The molecule has 5 heteroatoms. The molecular weight excluding hydrogens is 252 g/mol. The average Bonchev–Trinajstić information content (AvgIpc) is 2.41. The number of rotatable bonds is 5. The summed E-state index contributed by atoms with van der Waals surface area (Å²) >= 11 is 0. The van der Waals surface area contributed by atoms with Gasteiger partial charge in [0.05, 0.1) is 19.3 Å². The lowest BCUT2D eigenvalue weighted by atomic mass is 10.1. The molecule has 1 rings (SSSR count). The normalized spacial score (nSPS) is 11.7. The molecule has 2 N–H and O–H groups in total. The van der Waals surface area contributed by atoms with Crippen LogP contribution in [0.4, 0.5) is 0 Å². The van der Waals surface area contributed by atoms with Crippen molar-refractivity contribution in [1.82, 2.24) is 15.6 Å². The maximum atomic E-state index is 5.41. The van der Waals surface area contributed by atoms with Crippen molar-refractivity contribution in [3.63, 3.8) is 0 Å². The van der Waals surface area contributed by atoms with E-state index in [1.54, 1.807) is 14.2 Å². The lowest BCUT2D eigenvalue weighted by Crippen LogP contribution is -2.38. The summed E-state index contributed by atoms with van der Waals surface area (Å²) in [6, 6.07) is 0. The Balaban J connectivity index is 2.70. The van der Waals surface area contributed by atoms with Gasteiger partial charge in [-0.3, -0.25) is 9.98 Å². The van der Waals surface area contributed by atoms with Crippen LogP contribution in [0.2, 0.25) is 0 Å². The van der Waals surface area contributed by atoms with Crippen molar-refractivity contribution in [2.24, 2.45) is 10.9 Å². The maximum Gasteiger partial charge on any atom is 0.191 e. The molecule has 0 aromatic carbocycles. The maximum absolute atomic E-state index is 5.41. The Morgan fingerprint density at radius 2 is 2.05 bits per heavy atom.